The van der Waals surface area contributed by atoms with Crippen LogP contribution in [0.1, 0.15) is 29.9 Å². The summed E-state index contributed by atoms with van der Waals surface area (Å²) in [4.78, 5) is 36.3. The summed E-state index contributed by atoms with van der Waals surface area (Å²) in [5.74, 6) is -7.99. The van der Waals surface area contributed by atoms with Crippen LogP contribution in [0.4, 0.5) is 13.6 Å². The first-order valence-corrected chi connectivity index (χ1v) is 11.1. The molecule has 4 rings (SSSR count). The van der Waals surface area contributed by atoms with Gasteiger partial charge in [-0.25, -0.2) is 13.6 Å². The van der Waals surface area contributed by atoms with E-state index < -0.39 is 35.7 Å². The van der Waals surface area contributed by atoms with Crippen molar-refractivity contribution in [3.8, 4) is 11.1 Å². The number of benzene rings is 2. The zero-order valence-electron chi connectivity index (χ0n) is 18.7. The summed E-state index contributed by atoms with van der Waals surface area (Å²) in [7, 11) is 1.37. The number of nitrogens with one attached hydrogen (secondary N) is 1. The summed E-state index contributed by atoms with van der Waals surface area (Å²) < 4.78 is 33.8. The van der Waals surface area contributed by atoms with Crippen molar-refractivity contribution in [2.45, 2.75) is 24.7 Å². The Bertz CT molecular complexity index is 1060. The van der Waals surface area contributed by atoms with Crippen molar-refractivity contribution in [1.29, 1.82) is 0 Å². The van der Waals surface area contributed by atoms with Gasteiger partial charge in [0.15, 0.2) is 0 Å². The third-order valence-corrected chi connectivity index (χ3v) is 6.54. The van der Waals surface area contributed by atoms with Gasteiger partial charge in [0.05, 0.1) is 5.92 Å². The zero-order valence-corrected chi connectivity index (χ0v) is 18.7. The number of aliphatic carboxylic acids is 1. The highest BCUT2D eigenvalue weighted by Crippen LogP contribution is 2.55. The average molecular weight is 472 g/mol. The Morgan fingerprint density at radius 3 is 2.24 bits per heavy atom. The zero-order chi connectivity index (χ0) is 24.5. The number of carbonyl (C=O) groups excluding carboxylic acids is 2. The summed E-state index contributed by atoms with van der Waals surface area (Å²) in [6.45, 7) is -0.247. The minimum absolute atomic E-state index is 0.0651. The second-order valence-corrected chi connectivity index (χ2v) is 8.72. The maximum Gasteiger partial charge on any atom is 0.407 e. The number of nitrogens with zero attached hydrogens (tertiary/aromatic N) is 1. The number of carbonyl (C=O) groups is 3. The number of carboxylic acids is 1. The maximum atomic E-state index is 14.2. The third-order valence-electron chi connectivity index (χ3n) is 6.54. The number of hydrogen-bond donors (Lipinski definition) is 2. The molecule has 2 N–H and O–H groups in total. The average Bonchev–Trinajstić information content (AvgIpc) is 3.21. The van der Waals surface area contributed by atoms with E-state index in [9.17, 15) is 23.2 Å². The van der Waals surface area contributed by atoms with Gasteiger partial charge in [0.25, 0.3) is 5.92 Å². The van der Waals surface area contributed by atoms with E-state index in [1.54, 1.807) is 0 Å². The number of hydrogen-bond acceptors (Lipinski definition) is 4. The quantitative estimate of drug-likeness (QED) is 0.580. The first-order chi connectivity index (χ1) is 16.2. The molecule has 2 aromatic rings. The van der Waals surface area contributed by atoms with E-state index in [-0.39, 0.29) is 38.5 Å². The Labute approximate surface area is 195 Å². The number of alkyl carbamates (subject to hydrolysis) is 1. The van der Waals surface area contributed by atoms with Crippen molar-refractivity contribution in [3.63, 3.8) is 0 Å². The van der Waals surface area contributed by atoms with Crippen LogP contribution in [0.5, 0.6) is 0 Å². The normalized spacial score (nSPS) is 19.6. The second-order valence-electron chi connectivity index (χ2n) is 8.72. The van der Waals surface area contributed by atoms with Gasteiger partial charge in [-0.15, -0.1) is 0 Å². The molecule has 0 bridgehead atoms. The maximum absolute atomic E-state index is 14.2. The topological polar surface area (TPSA) is 95.9 Å². The lowest BCUT2D eigenvalue weighted by Gasteiger charge is -2.16. The van der Waals surface area contributed by atoms with Crippen LogP contribution in [0.3, 0.4) is 0 Å². The van der Waals surface area contributed by atoms with Crippen molar-refractivity contribution >= 4 is 18.0 Å². The highest BCUT2D eigenvalue weighted by Gasteiger charge is 2.72. The summed E-state index contributed by atoms with van der Waals surface area (Å²) >= 11 is 0. The van der Waals surface area contributed by atoms with Crippen molar-refractivity contribution in [1.82, 2.24) is 10.2 Å². The van der Waals surface area contributed by atoms with Gasteiger partial charge in [-0.2, -0.15) is 0 Å². The summed E-state index contributed by atoms with van der Waals surface area (Å²) in [6.07, 6.45) is -0.783. The summed E-state index contributed by atoms with van der Waals surface area (Å²) in [5.41, 5.74) is 4.25. The monoisotopic (exact) mass is 472 g/mol. The van der Waals surface area contributed by atoms with Crippen molar-refractivity contribution in [3.05, 3.63) is 59.7 Å². The minimum Gasteiger partial charge on any atom is -0.481 e. The molecule has 0 saturated heterocycles. The fourth-order valence-corrected chi connectivity index (χ4v) is 4.64. The molecule has 2 aliphatic rings. The molecule has 0 aromatic heterocycles. The van der Waals surface area contributed by atoms with E-state index in [2.05, 4.69) is 5.32 Å². The van der Waals surface area contributed by atoms with Crippen molar-refractivity contribution in [2.24, 2.45) is 11.8 Å². The standard InChI is InChI=1S/C25H26F2N2O5/c1-29(12-6-11-21(30)31)23(32)22-20(25(22,26)27)13-28-24(33)34-14-19-17-9-4-2-7-15(17)16-8-3-5-10-18(16)19/h2-5,7-10,19-20,22H,6,11-14H2,1H3,(H,28,33)(H,30,31)/t20-,22-/m0/s1. The number of carboxylic acid groups (broad SMARTS) is 1. The molecule has 0 unspecified atom stereocenters. The molecule has 34 heavy (non-hydrogen) atoms. The summed E-state index contributed by atoms with van der Waals surface area (Å²) in [6, 6.07) is 15.7. The number of fused-ring (bicyclic) bond motifs is 3. The first kappa shape index (κ1) is 23.7. The molecule has 2 amide bonds. The highest BCUT2D eigenvalue weighted by atomic mass is 19.3. The predicted octanol–water partition coefficient (Wildman–Crippen LogP) is 3.73. The lowest BCUT2D eigenvalue weighted by atomic mass is 9.98. The molecule has 0 radical (unpaired) electrons. The van der Waals surface area contributed by atoms with E-state index in [1.165, 1.54) is 7.05 Å². The number of ether oxygens (including phenoxy) is 1. The molecule has 9 heteroatoms. The Kier molecular flexibility index (Phi) is 6.54. The molecule has 0 heterocycles. The Morgan fingerprint density at radius 1 is 1.06 bits per heavy atom. The van der Waals surface area contributed by atoms with Crippen LogP contribution in [-0.2, 0) is 14.3 Å². The van der Waals surface area contributed by atoms with Crippen LogP contribution in [0.25, 0.3) is 11.1 Å². The fraction of sp³-hybridized carbons (Fsp3) is 0.400. The minimum atomic E-state index is -3.23. The largest absolute Gasteiger partial charge is 0.481 e. The lowest BCUT2D eigenvalue weighted by Crippen LogP contribution is -2.32. The molecule has 2 atom stereocenters. The van der Waals surface area contributed by atoms with Gasteiger partial charge >= 0.3 is 12.1 Å². The second kappa shape index (κ2) is 9.40. The summed E-state index contributed by atoms with van der Waals surface area (Å²) in [5, 5.41) is 11.0. The molecule has 0 spiro atoms. The molecule has 1 fully saturated rings. The van der Waals surface area contributed by atoms with Gasteiger partial charge in [-0.05, 0) is 28.7 Å². The SMILES string of the molecule is CN(CCCC(=O)O)C(=O)[C@@H]1[C@H](CNC(=O)OCC2c3ccccc3-c3ccccc32)C1(F)F. The molecule has 7 nitrogen and oxygen atoms in total. The van der Waals surface area contributed by atoms with E-state index in [0.29, 0.717) is 0 Å². The van der Waals surface area contributed by atoms with Gasteiger partial charge in [-0.1, -0.05) is 48.5 Å². The third kappa shape index (κ3) is 4.60. The Balaban J connectivity index is 1.28. The van der Waals surface area contributed by atoms with Crippen LogP contribution in [0, 0.1) is 11.8 Å². The molecule has 2 aromatic carbocycles. The van der Waals surface area contributed by atoms with Gasteiger partial charge in [0, 0.05) is 32.5 Å². The number of rotatable bonds is 9. The van der Waals surface area contributed by atoms with Gasteiger partial charge < -0.3 is 20.1 Å². The van der Waals surface area contributed by atoms with E-state index in [1.807, 2.05) is 48.5 Å². The molecular weight excluding hydrogens is 446 g/mol. The molecular formula is C25H26F2N2O5. The van der Waals surface area contributed by atoms with Gasteiger partial charge in [0.2, 0.25) is 5.91 Å². The number of alkyl halides is 2. The predicted molar refractivity (Wildman–Crippen MR) is 120 cm³/mol. The highest BCUT2D eigenvalue weighted by molar-refractivity contribution is 5.84. The van der Waals surface area contributed by atoms with Crippen LogP contribution in [-0.4, -0.2) is 60.6 Å². The van der Waals surface area contributed by atoms with E-state index >= 15 is 0 Å². The molecule has 0 aliphatic heterocycles. The number of amides is 2. The fourth-order valence-electron chi connectivity index (χ4n) is 4.64. The van der Waals surface area contributed by atoms with Crippen LogP contribution in [0.2, 0.25) is 0 Å². The first-order valence-electron chi connectivity index (χ1n) is 11.1. The van der Waals surface area contributed by atoms with E-state index in [0.717, 1.165) is 27.2 Å². The van der Waals surface area contributed by atoms with Crippen molar-refractivity contribution in [2.75, 3.05) is 26.7 Å². The Morgan fingerprint density at radius 2 is 1.65 bits per heavy atom. The molecule has 180 valence electrons. The van der Waals surface area contributed by atoms with Crippen LogP contribution < -0.4 is 5.32 Å². The molecule has 2 aliphatic carbocycles. The van der Waals surface area contributed by atoms with Gasteiger partial charge in [-0.3, -0.25) is 9.59 Å². The van der Waals surface area contributed by atoms with Gasteiger partial charge in [0.1, 0.15) is 12.5 Å². The molecule has 1 saturated carbocycles. The Hall–Kier alpha value is -3.49. The van der Waals surface area contributed by atoms with Crippen LogP contribution >= 0.6 is 0 Å². The van der Waals surface area contributed by atoms with E-state index in [4.69, 9.17) is 9.84 Å². The van der Waals surface area contributed by atoms with Crippen LogP contribution in [0.15, 0.2) is 48.5 Å². The van der Waals surface area contributed by atoms with Crippen molar-refractivity contribution < 1.29 is 33.0 Å². The smallest absolute Gasteiger partial charge is 0.407 e. The number of halogens is 2. The lowest BCUT2D eigenvalue weighted by molar-refractivity contribution is -0.138.